The molecule has 0 aliphatic carbocycles. The van der Waals surface area contributed by atoms with Crippen LogP contribution in [-0.2, 0) is 0 Å². The van der Waals surface area contributed by atoms with Gasteiger partial charge in [0.15, 0.2) is 0 Å². The predicted molar refractivity (Wildman–Crippen MR) is 270 cm³/mol. The van der Waals surface area contributed by atoms with Crippen molar-refractivity contribution in [2.45, 2.75) is 0 Å². The fraction of sp³-hybridized carbons (Fsp3) is 0. The lowest BCUT2D eigenvalue weighted by Gasteiger charge is -2.24. The van der Waals surface area contributed by atoms with Crippen LogP contribution in [0.2, 0.25) is 0 Å². The van der Waals surface area contributed by atoms with E-state index in [1.54, 1.807) is 0 Å². The number of fused-ring (bicyclic) bond motifs is 20. The summed E-state index contributed by atoms with van der Waals surface area (Å²) in [6.45, 7) is 0. The fourth-order valence-corrected chi connectivity index (χ4v) is 11.5. The summed E-state index contributed by atoms with van der Waals surface area (Å²) in [7, 11) is 0. The van der Waals surface area contributed by atoms with Gasteiger partial charge in [0, 0.05) is 0 Å². The van der Waals surface area contributed by atoms with E-state index in [-0.39, 0.29) is 0 Å². The van der Waals surface area contributed by atoms with E-state index < -0.39 is 0 Å². The van der Waals surface area contributed by atoms with Gasteiger partial charge in [0.1, 0.15) is 0 Å². The molecule has 62 heavy (non-hydrogen) atoms. The number of hydrogen-bond donors (Lipinski definition) is 0. The molecule has 0 nitrogen and oxygen atoms in total. The highest BCUT2D eigenvalue weighted by molar-refractivity contribution is 6.41. The van der Waals surface area contributed by atoms with Crippen molar-refractivity contribution in [3.8, 4) is 22.3 Å². The van der Waals surface area contributed by atoms with Crippen LogP contribution >= 0.6 is 0 Å². The molecule has 0 bridgehead atoms. The molecule has 0 spiro atoms. The third-order valence-electron chi connectivity index (χ3n) is 14.0. The smallest absolute Gasteiger partial charge is 0.000138 e. The van der Waals surface area contributed by atoms with E-state index in [0.29, 0.717) is 0 Å². The van der Waals surface area contributed by atoms with Gasteiger partial charge in [-0.15, -0.1) is 0 Å². The summed E-state index contributed by atoms with van der Waals surface area (Å²) in [6, 6.07) is 82.0. The Morgan fingerprint density at radius 1 is 0.145 bits per heavy atom. The van der Waals surface area contributed by atoms with Crippen LogP contribution < -0.4 is 0 Å². The monoisotopic (exact) mass is 780 g/mol. The standard InChI is InChI=1S/C62H36/c1-4-21-41-37(18-1)40-22-7-10-27-46(40)57-47(41)34-17-35-54(57)58-50-30-13-15-32-52(50)59(53-33-16-14-31-51(53)58)62-60-48-28-11-8-23-42(48)38-19-2-5-25-44(38)55(60)36-56-45-26-6-3-20-39(45)43-24-9-12-29-49(43)61(56)62/h1-36H. The quantitative estimate of drug-likeness (QED) is 0.121. The number of rotatable bonds is 2. The zero-order chi connectivity index (χ0) is 40.5. The minimum Gasteiger partial charge on any atom is -0.0616 e. The largest absolute Gasteiger partial charge is 0.0616 e. The molecule has 0 amide bonds. The Balaban J connectivity index is 1.26. The first-order valence-corrected chi connectivity index (χ1v) is 21.7. The first-order valence-electron chi connectivity index (χ1n) is 21.7. The summed E-state index contributed by atoms with van der Waals surface area (Å²) in [5.74, 6) is 0. The third-order valence-corrected chi connectivity index (χ3v) is 14.0. The molecule has 0 heterocycles. The van der Waals surface area contributed by atoms with Gasteiger partial charge in [0.2, 0.25) is 0 Å². The lowest BCUT2D eigenvalue weighted by Crippen LogP contribution is -1.96. The zero-order valence-electron chi connectivity index (χ0n) is 33.8. The summed E-state index contributed by atoms with van der Waals surface area (Å²) >= 11 is 0. The number of hydrogen-bond acceptors (Lipinski definition) is 0. The van der Waals surface area contributed by atoms with Crippen molar-refractivity contribution in [2.75, 3.05) is 0 Å². The zero-order valence-corrected chi connectivity index (χ0v) is 33.8. The maximum atomic E-state index is 2.52. The molecule has 0 aliphatic rings. The van der Waals surface area contributed by atoms with E-state index in [1.165, 1.54) is 141 Å². The highest BCUT2D eigenvalue weighted by atomic mass is 14.3. The molecule has 0 radical (unpaired) electrons. The molecule has 0 aliphatic heterocycles. The molecule has 14 aromatic rings. The minimum atomic E-state index is 1.26. The van der Waals surface area contributed by atoms with E-state index in [2.05, 4.69) is 218 Å². The van der Waals surface area contributed by atoms with Crippen LogP contribution in [0, 0.1) is 0 Å². The Hall–Kier alpha value is -8.06. The van der Waals surface area contributed by atoms with Crippen molar-refractivity contribution in [3.05, 3.63) is 218 Å². The van der Waals surface area contributed by atoms with Gasteiger partial charge in [0.25, 0.3) is 0 Å². The molecule has 0 saturated heterocycles. The van der Waals surface area contributed by atoms with Crippen LogP contribution in [0.25, 0.3) is 141 Å². The maximum Gasteiger partial charge on any atom is -0.000138 e. The summed E-state index contributed by atoms with van der Waals surface area (Å²) in [4.78, 5) is 0. The normalized spacial score (nSPS) is 12.2. The second kappa shape index (κ2) is 12.7. The summed E-state index contributed by atoms with van der Waals surface area (Å²) < 4.78 is 0. The SMILES string of the molecule is c1ccc2c(-c3c4c5ccccc5c5ccccc5c4cc4c5ccccc5c5ccccc5c34)c3ccccc3c(-c3cccc4c5ccccc5c5ccccc5c34)c2c1. The second-order valence-electron chi connectivity index (χ2n) is 16.9. The topological polar surface area (TPSA) is 0 Å². The van der Waals surface area contributed by atoms with E-state index in [4.69, 9.17) is 0 Å². The van der Waals surface area contributed by atoms with E-state index >= 15 is 0 Å². The molecule has 284 valence electrons. The molecule has 14 rings (SSSR count). The Morgan fingerprint density at radius 2 is 0.387 bits per heavy atom. The van der Waals surface area contributed by atoms with Crippen LogP contribution in [-0.4, -0.2) is 0 Å². The molecular weight excluding hydrogens is 745 g/mol. The van der Waals surface area contributed by atoms with E-state index in [0.717, 1.165) is 0 Å². The van der Waals surface area contributed by atoms with Gasteiger partial charge in [0.05, 0.1) is 0 Å². The van der Waals surface area contributed by atoms with E-state index in [1.807, 2.05) is 0 Å². The average Bonchev–Trinajstić information content (AvgIpc) is 3.35. The molecule has 0 fully saturated rings. The molecule has 14 aromatic carbocycles. The average molecular weight is 781 g/mol. The number of benzene rings is 14. The van der Waals surface area contributed by atoms with Gasteiger partial charge in [-0.1, -0.05) is 212 Å². The van der Waals surface area contributed by atoms with Crippen molar-refractivity contribution in [3.63, 3.8) is 0 Å². The van der Waals surface area contributed by atoms with Crippen molar-refractivity contribution in [1.29, 1.82) is 0 Å². The minimum absolute atomic E-state index is 1.26. The molecule has 0 atom stereocenters. The van der Waals surface area contributed by atoms with Gasteiger partial charge in [-0.25, -0.2) is 0 Å². The van der Waals surface area contributed by atoms with Crippen LogP contribution in [0.5, 0.6) is 0 Å². The Labute approximate surface area is 357 Å². The predicted octanol–water partition coefficient (Wildman–Crippen LogP) is 17.7. The van der Waals surface area contributed by atoms with Crippen LogP contribution in [0.1, 0.15) is 0 Å². The van der Waals surface area contributed by atoms with Crippen LogP contribution in [0.3, 0.4) is 0 Å². The van der Waals surface area contributed by atoms with Crippen LogP contribution in [0.15, 0.2) is 218 Å². The second-order valence-corrected chi connectivity index (χ2v) is 16.9. The Morgan fingerprint density at radius 3 is 0.742 bits per heavy atom. The Kier molecular flexibility index (Phi) is 6.92. The van der Waals surface area contributed by atoms with Gasteiger partial charge in [-0.2, -0.15) is 0 Å². The fourth-order valence-electron chi connectivity index (χ4n) is 11.5. The summed E-state index contributed by atoms with van der Waals surface area (Å²) in [5.41, 5.74) is 5.13. The Bertz CT molecular complexity index is 4030. The van der Waals surface area contributed by atoms with Crippen molar-refractivity contribution >= 4 is 118 Å². The van der Waals surface area contributed by atoms with E-state index in [9.17, 15) is 0 Å². The van der Waals surface area contributed by atoms with Gasteiger partial charge < -0.3 is 0 Å². The third kappa shape index (κ3) is 4.45. The first-order chi connectivity index (χ1) is 30.8. The first kappa shape index (κ1) is 33.7. The maximum absolute atomic E-state index is 2.52. The lowest BCUT2D eigenvalue weighted by molar-refractivity contribution is 1.71. The molecule has 0 N–H and O–H groups in total. The van der Waals surface area contributed by atoms with Crippen molar-refractivity contribution < 1.29 is 0 Å². The van der Waals surface area contributed by atoms with Crippen molar-refractivity contribution in [1.82, 2.24) is 0 Å². The van der Waals surface area contributed by atoms with Gasteiger partial charge >= 0.3 is 0 Å². The molecule has 0 unspecified atom stereocenters. The highest BCUT2D eigenvalue weighted by Gasteiger charge is 2.25. The van der Waals surface area contributed by atoms with Crippen molar-refractivity contribution in [2.24, 2.45) is 0 Å². The van der Waals surface area contributed by atoms with Gasteiger partial charge in [-0.3, -0.25) is 0 Å². The molecule has 0 saturated carbocycles. The highest BCUT2D eigenvalue weighted by Crippen LogP contribution is 2.54. The molecular formula is C62H36. The summed E-state index contributed by atoms with van der Waals surface area (Å²) in [5, 5.41) is 28.2. The lowest BCUT2D eigenvalue weighted by atomic mass is 9.79. The van der Waals surface area contributed by atoms with Crippen LogP contribution in [0.4, 0.5) is 0 Å². The van der Waals surface area contributed by atoms with Gasteiger partial charge in [-0.05, 0) is 147 Å². The summed E-state index contributed by atoms with van der Waals surface area (Å²) in [6.07, 6.45) is 0. The molecule has 0 aromatic heterocycles. The molecule has 0 heteroatoms.